The molecule has 0 aliphatic carbocycles. The van der Waals surface area contributed by atoms with Gasteiger partial charge in [0.1, 0.15) is 0 Å². The first-order valence-corrected chi connectivity index (χ1v) is 8.12. The maximum atomic E-state index is 12.2. The molecule has 0 aliphatic rings. The largest absolute Gasteiger partial charge is 0.325 e. The van der Waals surface area contributed by atoms with E-state index in [1.54, 1.807) is 0 Å². The van der Waals surface area contributed by atoms with Crippen LogP contribution in [-0.4, -0.2) is 12.5 Å². The van der Waals surface area contributed by atoms with Crippen molar-refractivity contribution in [2.75, 3.05) is 11.9 Å². The van der Waals surface area contributed by atoms with Gasteiger partial charge in [-0.3, -0.25) is 4.79 Å². The van der Waals surface area contributed by atoms with E-state index in [4.69, 9.17) is 0 Å². The van der Waals surface area contributed by atoms with Gasteiger partial charge >= 0.3 is 0 Å². The predicted molar refractivity (Wildman–Crippen MR) is 96.6 cm³/mol. The number of rotatable bonds is 6. The first kappa shape index (κ1) is 17.2. The quantitative estimate of drug-likeness (QED) is 0.838. The molecule has 0 heterocycles. The van der Waals surface area contributed by atoms with E-state index in [0.717, 1.165) is 16.8 Å². The molecule has 0 saturated heterocycles. The van der Waals surface area contributed by atoms with Crippen LogP contribution in [0, 0.1) is 19.8 Å². The van der Waals surface area contributed by atoms with Gasteiger partial charge in [0.15, 0.2) is 0 Å². The molecule has 122 valence electrons. The van der Waals surface area contributed by atoms with Crippen molar-refractivity contribution in [2.24, 2.45) is 5.92 Å². The molecule has 0 spiro atoms. The highest BCUT2D eigenvalue weighted by Crippen LogP contribution is 2.21. The zero-order valence-corrected chi connectivity index (χ0v) is 14.4. The van der Waals surface area contributed by atoms with Crippen LogP contribution in [0.3, 0.4) is 0 Å². The van der Waals surface area contributed by atoms with Gasteiger partial charge in [0, 0.05) is 11.7 Å². The summed E-state index contributed by atoms with van der Waals surface area (Å²) >= 11 is 0. The van der Waals surface area contributed by atoms with Gasteiger partial charge in [-0.1, -0.05) is 50.2 Å². The molecule has 0 fully saturated rings. The van der Waals surface area contributed by atoms with Crippen LogP contribution in [0.5, 0.6) is 0 Å². The monoisotopic (exact) mass is 310 g/mol. The van der Waals surface area contributed by atoms with E-state index in [1.807, 2.05) is 44.2 Å². The summed E-state index contributed by atoms with van der Waals surface area (Å²) in [5, 5.41) is 6.34. The second kappa shape index (κ2) is 7.93. The summed E-state index contributed by atoms with van der Waals surface area (Å²) in [4.78, 5) is 12.2. The van der Waals surface area contributed by atoms with Crippen LogP contribution in [0.2, 0.25) is 0 Å². The number of benzene rings is 2. The molecular formula is C20H26N2O. The first-order chi connectivity index (χ1) is 11.0. The summed E-state index contributed by atoms with van der Waals surface area (Å²) in [6, 6.07) is 16.5. The van der Waals surface area contributed by atoms with E-state index >= 15 is 0 Å². The van der Waals surface area contributed by atoms with Gasteiger partial charge in [0.2, 0.25) is 5.91 Å². The van der Waals surface area contributed by atoms with Crippen LogP contribution in [0.4, 0.5) is 5.69 Å². The maximum absolute atomic E-state index is 12.2. The van der Waals surface area contributed by atoms with Gasteiger partial charge in [-0.2, -0.15) is 0 Å². The summed E-state index contributed by atoms with van der Waals surface area (Å²) in [6.07, 6.45) is 0. The van der Waals surface area contributed by atoms with Crippen LogP contribution in [0.25, 0.3) is 0 Å². The van der Waals surface area contributed by atoms with Crippen molar-refractivity contribution >= 4 is 11.6 Å². The van der Waals surface area contributed by atoms with E-state index in [-0.39, 0.29) is 11.9 Å². The lowest BCUT2D eigenvalue weighted by Gasteiger charge is -2.22. The fourth-order valence-electron chi connectivity index (χ4n) is 2.85. The number of nitrogens with one attached hydrogen (secondary N) is 2. The molecular weight excluding hydrogens is 284 g/mol. The lowest BCUT2D eigenvalue weighted by molar-refractivity contribution is -0.115. The normalized spacial score (nSPS) is 12.2. The number of carbonyl (C=O) groups excluding carboxylic acids is 1. The third-order valence-electron chi connectivity index (χ3n) is 3.81. The molecule has 1 atom stereocenters. The molecule has 0 aromatic heterocycles. The second-order valence-electron chi connectivity index (χ2n) is 6.44. The topological polar surface area (TPSA) is 41.1 Å². The first-order valence-electron chi connectivity index (χ1n) is 8.12. The summed E-state index contributed by atoms with van der Waals surface area (Å²) < 4.78 is 0. The summed E-state index contributed by atoms with van der Waals surface area (Å²) in [5.74, 6) is 0.392. The van der Waals surface area contributed by atoms with E-state index in [0.29, 0.717) is 12.5 Å². The molecule has 0 saturated carbocycles. The SMILES string of the molecule is Cc1cc(C)cc(NC(=O)CN[C@@H](c2ccccc2)C(C)C)c1. The van der Waals surface area contributed by atoms with Gasteiger partial charge in [0.05, 0.1) is 6.54 Å². The smallest absolute Gasteiger partial charge is 0.238 e. The Morgan fingerprint density at radius 2 is 1.61 bits per heavy atom. The zero-order valence-electron chi connectivity index (χ0n) is 14.4. The minimum Gasteiger partial charge on any atom is -0.325 e. The van der Waals surface area contributed by atoms with Gasteiger partial charge < -0.3 is 10.6 Å². The van der Waals surface area contributed by atoms with Crippen molar-refractivity contribution in [1.29, 1.82) is 0 Å². The van der Waals surface area contributed by atoms with E-state index < -0.39 is 0 Å². The van der Waals surface area contributed by atoms with Gasteiger partial charge in [-0.25, -0.2) is 0 Å². The van der Waals surface area contributed by atoms with Crippen molar-refractivity contribution in [3.8, 4) is 0 Å². The number of carbonyl (C=O) groups is 1. The van der Waals surface area contributed by atoms with Crippen LogP contribution in [-0.2, 0) is 4.79 Å². The molecule has 2 aromatic carbocycles. The number of amides is 1. The third-order valence-corrected chi connectivity index (χ3v) is 3.81. The lowest BCUT2D eigenvalue weighted by atomic mass is 9.96. The van der Waals surface area contributed by atoms with Gasteiger partial charge in [-0.15, -0.1) is 0 Å². The summed E-state index contributed by atoms with van der Waals surface area (Å²) in [7, 11) is 0. The Morgan fingerprint density at radius 3 is 2.17 bits per heavy atom. The van der Waals surface area contributed by atoms with Crippen LogP contribution in [0.1, 0.15) is 36.6 Å². The molecule has 0 bridgehead atoms. The molecule has 23 heavy (non-hydrogen) atoms. The third kappa shape index (κ3) is 5.22. The van der Waals surface area contributed by atoms with Crippen molar-refractivity contribution in [3.05, 3.63) is 65.2 Å². The minimum atomic E-state index is -0.0171. The standard InChI is InChI=1S/C20H26N2O/c1-14(2)20(17-8-6-5-7-9-17)21-13-19(23)22-18-11-15(3)10-16(4)12-18/h5-12,14,20-21H,13H2,1-4H3,(H,22,23)/t20-/m1/s1. The Hall–Kier alpha value is -2.13. The molecule has 0 unspecified atom stereocenters. The zero-order chi connectivity index (χ0) is 16.8. The summed E-state index contributed by atoms with van der Waals surface area (Å²) in [6.45, 7) is 8.68. The maximum Gasteiger partial charge on any atom is 0.238 e. The van der Waals surface area contributed by atoms with E-state index in [2.05, 4.69) is 42.7 Å². The Morgan fingerprint density at radius 1 is 1.00 bits per heavy atom. The van der Waals surface area contributed by atoms with Crippen molar-refractivity contribution in [1.82, 2.24) is 5.32 Å². The van der Waals surface area contributed by atoms with Crippen LogP contribution >= 0.6 is 0 Å². The molecule has 3 nitrogen and oxygen atoms in total. The Balaban J connectivity index is 1.96. The number of anilines is 1. The highest BCUT2D eigenvalue weighted by molar-refractivity contribution is 5.92. The molecule has 3 heteroatoms. The Bertz CT molecular complexity index is 630. The van der Waals surface area contributed by atoms with Crippen LogP contribution in [0.15, 0.2) is 48.5 Å². The molecule has 1 amide bonds. The Kier molecular flexibility index (Phi) is 5.94. The highest BCUT2D eigenvalue weighted by Gasteiger charge is 2.16. The fourth-order valence-corrected chi connectivity index (χ4v) is 2.85. The molecule has 2 aromatic rings. The predicted octanol–water partition coefficient (Wildman–Crippen LogP) is 4.23. The Labute approximate surface area is 139 Å². The van der Waals surface area contributed by atoms with Crippen molar-refractivity contribution in [2.45, 2.75) is 33.7 Å². The number of aryl methyl sites for hydroxylation is 2. The average Bonchev–Trinajstić information content (AvgIpc) is 2.47. The van der Waals surface area contributed by atoms with Gasteiger partial charge in [-0.05, 0) is 48.6 Å². The molecule has 2 rings (SSSR count). The van der Waals surface area contributed by atoms with Gasteiger partial charge in [0.25, 0.3) is 0 Å². The van der Waals surface area contributed by atoms with Crippen LogP contribution < -0.4 is 10.6 Å². The van der Waals surface area contributed by atoms with E-state index in [9.17, 15) is 4.79 Å². The summed E-state index contributed by atoms with van der Waals surface area (Å²) in [5.41, 5.74) is 4.37. The molecule has 2 N–H and O–H groups in total. The number of hydrogen-bond acceptors (Lipinski definition) is 2. The molecule has 0 aliphatic heterocycles. The highest BCUT2D eigenvalue weighted by atomic mass is 16.1. The van der Waals surface area contributed by atoms with E-state index in [1.165, 1.54) is 5.56 Å². The lowest BCUT2D eigenvalue weighted by Crippen LogP contribution is -2.33. The van der Waals surface area contributed by atoms with Crippen molar-refractivity contribution < 1.29 is 4.79 Å². The number of hydrogen-bond donors (Lipinski definition) is 2. The minimum absolute atomic E-state index is 0.0171. The average molecular weight is 310 g/mol. The van der Waals surface area contributed by atoms with Crippen molar-refractivity contribution in [3.63, 3.8) is 0 Å². The second-order valence-corrected chi connectivity index (χ2v) is 6.44. The fraction of sp³-hybridized carbons (Fsp3) is 0.350. The molecule has 0 radical (unpaired) electrons.